The largest absolute Gasteiger partial charge is 0.417 e. The van der Waals surface area contributed by atoms with Gasteiger partial charge in [0, 0.05) is 6.61 Å². The zero-order valence-corrected chi connectivity index (χ0v) is 12.5. The lowest BCUT2D eigenvalue weighted by Crippen LogP contribution is -2.41. The van der Waals surface area contributed by atoms with E-state index in [1.165, 1.54) is 0 Å². The molecule has 0 aliphatic carbocycles. The summed E-state index contributed by atoms with van der Waals surface area (Å²) in [4.78, 5) is 0. The summed E-state index contributed by atoms with van der Waals surface area (Å²) < 4.78 is 6.00. The Bertz CT molecular complexity index is 206. The van der Waals surface area contributed by atoms with Gasteiger partial charge in [0.1, 0.15) is 0 Å². The van der Waals surface area contributed by atoms with Crippen LogP contribution in [0.15, 0.2) is 12.7 Å². The Morgan fingerprint density at radius 1 is 1.31 bits per heavy atom. The second-order valence-corrected chi connectivity index (χ2v) is 10.7. The highest BCUT2D eigenvalue weighted by molar-refractivity contribution is 6.74. The molecule has 0 aromatic carbocycles. The topological polar surface area (TPSA) is 29.5 Å². The van der Waals surface area contributed by atoms with Crippen molar-refractivity contribution in [3.05, 3.63) is 12.7 Å². The summed E-state index contributed by atoms with van der Waals surface area (Å²) in [5, 5.41) is 9.92. The van der Waals surface area contributed by atoms with Crippen LogP contribution in [0.25, 0.3) is 0 Å². The van der Waals surface area contributed by atoms with Gasteiger partial charge in [-0.1, -0.05) is 26.8 Å². The number of hydrogen-bond acceptors (Lipinski definition) is 2. The average molecular weight is 244 g/mol. The van der Waals surface area contributed by atoms with Gasteiger partial charge in [0.25, 0.3) is 0 Å². The molecule has 16 heavy (non-hydrogen) atoms. The van der Waals surface area contributed by atoms with Crippen molar-refractivity contribution in [3.8, 4) is 0 Å². The summed E-state index contributed by atoms with van der Waals surface area (Å²) in [6, 6.07) is 0. The highest BCUT2D eigenvalue weighted by Gasteiger charge is 2.36. The Kier molecular flexibility index (Phi) is 6.52. The maximum absolute atomic E-state index is 9.67. The summed E-state index contributed by atoms with van der Waals surface area (Å²) in [7, 11) is -1.63. The first-order chi connectivity index (χ1) is 7.20. The first-order valence-electron chi connectivity index (χ1n) is 6.13. The van der Waals surface area contributed by atoms with Crippen LogP contribution in [-0.4, -0.2) is 26.1 Å². The smallest absolute Gasteiger partial charge is 0.191 e. The molecule has 0 bridgehead atoms. The molecule has 0 heterocycles. The van der Waals surface area contributed by atoms with Crippen molar-refractivity contribution < 1.29 is 9.53 Å². The molecule has 0 spiro atoms. The molecule has 0 aliphatic heterocycles. The lowest BCUT2D eigenvalue weighted by atomic mass is 10.1. The molecular formula is C13H28O2Si. The number of allylic oxidation sites excluding steroid dienone is 1. The second kappa shape index (κ2) is 6.57. The predicted molar refractivity (Wildman–Crippen MR) is 73.2 cm³/mol. The zero-order valence-electron chi connectivity index (χ0n) is 11.5. The number of rotatable bonds is 7. The van der Waals surface area contributed by atoms with Gasteiger partial charge in [-0.15, -0.1) is 6.58 Å². The van der Waals surface area contributed by atoms with E-state index in [-0.39, 0.29) is 11.1 Å². The Hall–Kier alpha value is -0.123. The van der Waals surface area contributed by atoms with E-state index in [2.05, 4.69) is 40.4 Å². The monoisotopic (exact) mass is 244 g/mol. The number of hydrogen-bond donors (Lipinski definition) is 1. The highest BCUT2D eigenvalue weighted by atomic mass is 28.4. The van der Waals surface area contributed by atoms with Crippen LogP contribution < -0.4 is 0 Å². The molecule has 0 amide bonds. The van der Waals surface area contributed by atoms with Crippen LogP contribution in [-0.2, 0) is 4.43 Å². The van der Waals surface area contributed by atoms with Gasteiger partial charge < -0.3 is 9.53 Å². The average Bonchev–Trinajstić information content (AvgIpc) is 2.12. The van der Waals surface area contributed by atoms with Crippen molar-refractivity contribution in [2.75, 3.05) is 6.61 Å². The van der Waals surface area contributed by atoms with Crippen LogP contribution in [0.2, 0.25) is 18.1 Å². The van der Waals surface area contributed by atoms with Gasteiger partial charge in [0.2, 0.25) is 0 Å². The minimum Gasteiger partial charge on any atom is -0.417 e. The molecule has 0 aliphatic rings. The molecule has 0 saturated carbocycles. The molecule has 0 saturated heterocycles. The fourth-order valence-electron chi connectivity index (χ4n) is 1.12. The van der Waals surface area contributed by atoms with Crippen LogP contribution in [0.4, 0.5) is 0 Å². The molecule has 0 aromatic heterocycles. The van der Waals surface area contributed by atoms with E-state index in [0.29, 0.717) is 6.61 Å². The fourth-order valence-corrected chi connectivity index (χ4v) is 2.18. The lowest BCUT2D eigenvalue weighted by Gasteiger charge is -2.36. The van der Waals surface area contributed by atoms with E-state index in [1.807, 2.05) is 6.08 Å². The van der Waals surface area contributed by atoms with Gasteiger partial charge >= 0.3 is 0 Å². The maximum atomic E-state index is 9.67. The molecule has 96 valence electrons. The quantitative estimate of drug-likeness (QED) is 0.546. The van der Waals surface area contributed by atoms with E-state index in [0.717, 1.165) is 19.3 Å². The van der Waals surface area contributed by atoms with Gasteiger partial charge in [-0.25, -0.2) is 0 Å². The van der Waals surface area contributed by atoms with E-state index in [9.17, 15) is 5.11 Å². The normalized spacial score (nSPS) is 14.9. The van der Waals surface area contributed by atoms with Crippen molar-refractivity contribution in [1.82, 2.24) is 0 Å². The Morgan fingerprint density at radius 2 is 1.88 bits per heavy atom. The van der Waals surface area contributed by atoms with E-state index in [4.69, 9.17) is 4.43 Å². The van der Waals surface area contributed by atoms with Crippen LogP contribution in [0.3, 0.4) is 0 Å². The molecule has 1 N–H and O–H groups in total. The second-order valence-electron chi connectivity index (χ2n) is 5.92. The molecule has 1 atom stereocenters. The minimum atomic E-state index is -1.63. The Balaban J connectivity index is 3.85. The third-order valence-electron chi connectivity index (χ3n) is 3.42. The minimum absolute atomic E-state index is 0.247. The van der Waals surface area contributed by atoms with Crippen molar-refractivity contribution >= 4 is 8.32 Å². The van der Waals surface area contributed by atoms with Crippen molar-refractivity contribution in [3.63, 3.8) is 0 Å². The van der Waals surface area contributed by atoms with Gasteiger partial charge in [0.15, 0.2) is 8.32 Å². The van der Waals surface area contributed by atoms with Crippen molar-refractivity contribution in [1.29, 1.82) is 0 Å². The third kappa shape index (κ3) is 5.82. The highest BCUT2D eigenvalue weighted by Crippen LogP contribution is 2.36. The standard InChI is InChI=1S/C13H28O2Si/c1-7-8-9-12(14)10-11-15-16(5,6)13(2,3)4/h7,12,14H,1,8-11H2,2-6H3/t12-/m1/s1. The molecule has 0 rings (SSSR count). The molecular weight excluding hydrogens is 216 g/mol. The van der Waals surface area contributed by atoms with Crippen molar-refractivity contribution in [2.45, 2.75) is 64.3 Å². The third-order valence-corrected chi connectivity index (χ3v) is 7.96. The Labute approximate surface area is 102 Å². The van der Waals surface area contributed by atoms with Crippen LogP contribution in [0.5, 0.6) is 0 Å². The van der Waals surface area contributed by atoms with Gasteiger partial charge in [-0.3, -0.25) is 0 Å². The summed E-state index contributed by atoms with van der Waals surface area (Å²) in [6.45, 7) is 15.5. The molecule has 0 radical (unpaired) electrons. The summed E-state index contributed by atoms with van der Waals surface area (Å²) in [5.41, 5.74) is 0. The molecule has 2 nitrogen and oxygen atoms in total. The van der Waals surface area contributed by atoms with Crippen LogP contribution in [0.1, 0.15) is 40.0 Å². The molecule has 0 unspecified atom stereocenters. The van der Waals surface area contributed by atoms with Gasteiger partial charge in [-0.2, -0.15) is 0 Å². The summed E-state index contributed by atoms with van der Waals surface area (Å²) in [6.07, 6.45) is 4.01. The molecule has 3 heteroatoms. The summed E-state index contributed by atoms with van der Waals surface area (Å²) >= 11 is 0. The summed E-state index contributed by atoms with van der Waals surface area (Å²) in [5.74, 6) is 0. The fraction of sp³-hybridized carbons (Fsp3) is 0.846. The zero-order chi connectivity index (χ0) is 12.8. The number of aliphatic hydroxyl groups excluding tert-OH is 1. The maximum Gasteiger partial charge on any atom is 0.191 e. The molecule has 0 aromatic rings. The van der Waals surface area contributed by atoms with E-state index >= 15 is 0 Å². The first-order valence-corrected chi connectivity index (χ1v) is 9.04. The molecule has 0 fully saturated rings. The Morgan fingerprint density at radius 3 is 2.31 bits per heavy atom. The number of aliphatic hydroxyl groups is 1. The van der Waals surface area contributed by atoms with Crippen LogP contribution >= 0.6 is 0 Å². The SMILES string of the molecule is C=CCC[C@@H](O)CCO[Si](C)(C)C(C)(C)C. The van der Waals surface area contributed by atoms with E-state index < -0.39 is 8.32 Å². The predicted octanol–water partition coefficient (Wildman–Crippen LogP) is 3.73. The van der Waals surface area contributed by atoms with Crippen LogP contribution in [0, 0.1) is 0 Å². The van der Waals surface area contributed by atoms with Gasteiger partial charge in [0.05, 0.1) is 6.10 Å². The first kappa shape index (κ1) is 15.9. The van der Waals surface area contributed by atoms with Crippen molar-refractivity contribution in [2.24, 2.45) is 0 Å². The lowest BCUT2D eigenvalue weighted by molar-refractivity contribution is 0.128. The van der Waals surface area contributed by atoms with E-state index in [1.54, 1.807) is 0 Å². The van der Waals surface area contributed by atoms with Gasteiger partial charge in [-0.05, 0) is 37.4 Å².